The number of rotatable bonds is 7. The molecule has 0 spiro atoms. The molecule has 2 aromatic rings. The monoisotopic (exact) mass is 353 g/mol. The molecule has 1 aromatic carbocycles. The van der Waals surface area contributed by atoms with Crippen LogP contribution < -0.4 is 4.57 Å². The number of carbonyl (C=O) groups excluding carboxylic acids is 2. The molecule has 4 nitrogen and oxygen atoms in total. The van der Waals surface area contributed by atoms with E-state index in [-0.39, 0.29) is 11.6 Å². The molecule has 0 aliphatic heterocycles. The number of nitrogens with zero attached hydrogens (tertiary/aromatic N) is 2. The van der Waals surface area contributed by atoms with Crippen LogP contribution in [0.4, 0.5) is 0 Å². The molecular formula is C22H29N2O2+. The summed E-state index contributed by atoms with van der Waals surface area (Å²) in [6.07, 6.45) is 4.55. The van der Waals surface area contributed by atoms with Gasteiger partial charge in [0.2, 0.25) is 23.0 Å². The molecule has 1 aliphatic rings. The van der Waals surface area contributed by atoms with Crippen LogP contribution in [0.2, 0.25) is 0 Å². The van der Waals surface area contributed by atoms with Gasteiger partial charge in [-0.25, -0.2) is 9.13 Å². The number of aromatic nitrogens is 2. The van der Waals surface area contributed by atoms with Crippen molar-refractivity contribution >= 4 is 11.6 Å². The summed E-state index contributed by atoms with van der Waals surface area (Å²) in [5.41, 5.74) is 2.23. The predicted octanol–water partition coefficient (Wildman–Crippen LogP) is 4.10. The zero-order chi connectivity index (χ0) is 18.8. The smallest absolute Gasteiger partial charge is 0.254 e. The minimum atomic E-state index is -0.0220. The normalized spacial score (nSPS) is 13.3. The highest BCUT2D eigenvalue weighted by molar-refractivity contribution is 6.26. The Hall–Kier alpha value is -2.23. The fraction of sp³-hybridized carbons (Fsp3) is 0.500. The van der Waals surface area contributed by atoms with Crippen molar-refractivity contribution in [3.8, 4) is 0 Å². The van der Waals surface area contributed by atoms with E-state index < -0.39 is 0 Å². The second-order valence-corrected chi connectivity index (χ2v) is 7.67. The van der Waals surface area contributed by atoms with E-state index in [0.29, 0.717) is 28.4 Å². The SMILES string of the molecule is CCCCCCn1c2c([n+](CC(C)C)c1C)C(=O)c1ccccc1C2=O. The maximum Gasteiger partial charge on any atom is 0.254 e. The van der Waals surface area contributed by atoms with Gasteiger partial charge in [-0.3, -0.25) is 9.59 Å². The lowest BCUT2D eigenvalue weighted by Crippen LogP contribution is -2.44. The number of fused-ring (bicyclic) bond motifs is 2. The van der Waals surface area contributed by atoms with E-state index >= 15 is 0 Å². The van der Waals surface area contributed by atoms with Crippen molar-refractivity contribution in [2.24, 2.45) is 5.92 Å². The van der Waals surface area contributed by atoms with Crippen molar-refractivity contribution in [3.63, 3.8) is 0 Å². The van der Waals surface area contributed by atoms with Gasteiger partial charge in [0.15, 0.2) is 0 Å². The van der Waals surface area contributed by atoms with Crippen molar-refractivity contribution in [1.29, 1.82) is 0 Å². The number of benzene rings is 1. The molecule has 1 aliphatic carbocycles. The molecule has 0 fully saturated rings. The van der Waals surface area contributed by atoms with E-state index in [9.17, 15) is 9.59 Å². The van der Waals surface area contributed by atoms with Gasteiger partial charge >= 0.3 is 0 Å². The van der Waals surface area contributed by atoms with Crippen LogP contribution in [0.5, 0.6) is 0 Å². The predicted molar refractivity (Wildman–Crippen MR) is 102 cm³/mol. The molecule has 138 valence electrons. The zero-order valence-electron chi connectivity index (χ0n) is 16.3. The minimum absolute atomic E-state index is 0.0173. The average molecular weight is 353 g/mol. The quantitative estimate of drug-likeness (QED) is 0.474. The fourth-order valence-electron chi connectivity index (χ4n) is 3.88. The molecule has 0 saturated heterocycles. The summed E-state index contributed by atoms with van der Waals surface area (Å²) in [4.78, 5) is 26.4. The number of hydrogen-bond donors (Lipinski definition) is 0. The Morgan fingerprint density at radius 1 is 1.00 bits per heavy atom. The lowest BCUT2D eigenvalue weighted by Gasteiger charge is -2.13. The van der Waals surface area contributed by atoms with Crippen LogP contribution in [0, 0.1) is 12.8 Å². The number of carbonyl (C=O) groups is 2. The Bertz CT molecular complexity index is 846. The number of ketones is 2. The van der Waals surface area contributed by atoms with Gasteiger partial charge in [-0.05, 0) is 18.8 Å². The van der Waals surface area contributed by atoms with Gasteiger partial charge in [0.1, 0.15) is 0 Å². The summed E-state index contributed by atoms with van der Waals surface area (Å²) in [5, 5.41) is 0. The van der Waals surface area contributed by atoms with Crippen molar-refractivity contribution in [2.75, 3.05) is 0 Å². The maximum absolute atomic E-state index is 13.2. The van der Waals surface area contributed by atoms with Crippen LogP contribution in [0.3, 0.4) is 0 Å². The number of hydrogen-bond acceptors (Lipinski definition) is 2. The summed E-state index contributed by atoms with van der Waals surface area (Å²) in [6, 6.07) is 7.20. The standard InChI is InChI=1S/C22H29N2O2/c1-5-6-7-10-13-23-16(4)24(14-15(2)3)20-19(23)21(25)17-11-8-9-12-18(17)22(20)26/h8-9,11-12,15H,5-7,10,13-14H2,1-4H3/q+1. The second-order valence-electron chi connectivity index (χ2n) is 7.67. The van der Waals surface area contributed by atoms with Crippen molar-refractivity contribution in [3.05, 3.63) is 52.6 Å². The van der Waals surface area contributed by atoms with Gasteiger partial charge in [-0.2, -0.15) is 0 Å². The first-order valence-electron chi connectivity index (χ1n) is 9.78. The number of imidazole rings is 1. The van der Waals surface area contributed by atoms with Gasteiger partial charge in [-0.1, -0.05) is 57.9 Å². The molecule has 4 heteroatoms. The average Bonchev–Trinajstić information content (AvgIpc) is 2.89. The summed E-state index contributed by atoms with van der Waals surface area (Å²) in [5.74, 6) is 1.37. The second kappa shape index (κ2) is 7.56. The molecule has 0 amide bonds. The van der Waals surface area contributed by atoms with E-state index in [1.54, 1.807) is 12.1 Å². The van der Waals surface area contributed by atoms with Crippen LogP contribution in [0.1, 0.15) is 84.4 Å². The Kier molecular flexibility index (Phi) is 5.40. The Morgan fingerprint density at radius 3 is 2.27 bits per heavy atom. The Labute approximate surface area is 155 Å². The lowest BCUT2D eigenvalue weighted by molar-refractivity contribution is -0.709. The molecule has 3 rings (SSSR count). The van der Waals surface area contributed by atoms with Crippen molar-refractivity contribution in [2.45, 2.75) is 66.5 Å². The Balaban J connectivity index is 2.11. The molecule has 0 saturated carbocycles. The van der Waals surface area contributed by atoms with Crippen LogP contribution in [0.25, 0.3) is 0 Å². The molecule has 0 atom stereocenters. The van der Waals surface area contributed by atoms with Gasteiger partial charge < -0.3 is 0 Å². The third kappa shape index (κ3) is 3.13. The van der Waals surface area contributed by atoms with E-state index in [1.165, 1.54) is 12.8 Å². The maximum atomic E-state index is 13.2. The zero-order valence-corrected chi connectivity index (χ0v) is 16.3. The molecule has 0 N–H and O–H groups in total. The summed E-state index contributed by atoms with van der Waals surface area (Å²) >= 11 is 0. The molecule has 0 bridgehead atoms. The molecule has 1 heterocycles. The largest absolute Gasteiger partial charge is 0.284 e. The molecule has 1 aromatic heterocycles. The lowest BCUT2D eigenvalue weighted by atomic mass is 9.89. The van der Waals surface area contributed by atoms with Gasteiger partial charge in [-0.15, -0.1) is 0 Å². The Morgan fingerprint density at radius 2 is 1.65 bits per heavy atom. The minimum Gasteiger partial charge on any atom is -0.284 e. The fourth-order valence-corrected chi connectivity index (χ4v) is 3.88. The molecular weight excluding hydrogens is 324 g/mol. The topological polar surface area (TPSA) is 43.0 Å². The summed E-state index contributed by atoms with van der Waals surface area (Å²) in [7, 11) is 0. The van der Waals surface area contributed by atoms with E-state index in [4.69, 9.17) is 0 Å². The summed E-state index contributed by atoms with van der Waals surface area (Å²) < 4.78 is 4.15. The highest BCUT2D eigenvalue weighted by Crippen LogP contribution is 2.27. The third-order valence-electron chi connectivity index (χ3n) is 5.17. The first-order valence-corrected chi connectivity index (χ1v) is 9.78. The van der Waals surface area contributed by atoms with Crippen molar-refractivity contribution < 1.29 is 14.2 Å². The first kappa shape index (κ1) is 18.6. The molecule has 0 radical (unpaired) electrons. The van der Waals surface area contributed by atoms with Gasteiger partial charge in [0, 0.05) is 18.1 Å². The van der Waals surface area contributed by atoms with Crippen molar-refractivity contribution in [1.82, 2.24) is 4.57 Å². The van der Waals surface area contributed by atoms with E-state index in [2.05, 4.69) is 29.9 Å². The van der Waals surface area contributed by atoms with Crippen LogP contribution in [-0.4, -0.2) is 16.1 Å². The highest BCUT2D eigenvalue weighted by Gasteiger charge is 2.42. The summed E-state index contributed by atoms with van der Waals surface area (Å²) in [6.45, 7) is 10.0. The molecule has 0 unspecified atom stereocenters. The van der Waals surface area contributed by atoms with Gasteiger partial charge in [0.05, 0.1) is 13.1 Å². The third-order valence-corrected chi connectivity index (χ3v) is 5.17. The van der Waals surface area contributed by atoms with E-state index in [1.807, 2.05) is 19.1 Å². The van der Waals surface area contributed by atoms with Gasteiger partial charge in [0.25, 0.3) is 5.82 Å². The van der Waals surface area contributed by atoms with Crippen LogP contribution in [-0.2, 0) is 13.1 Å². The first-order chi connectivity index (χ1) is 12.5. The van der Waals surface area contributed by atoms with Crippen LogP contribution in [0.15, 0.2) is 24.3 Å². The van der Waals surface area contributed by atoms with Crippen LogP contribution >= 0.6 is 0 Å². The van der Waals surface area contributed by atoms with E-state index in [0.717, 1.165) is 31.8 Å². The number of unbranched alkanes of at least 4 members (excludes halogenated alkanes) is 3. The molecule has 26 heavy (non-hydrogen) atoms. The highest BCUT2D eigenvalue weighted by atomic mass is 16.1.